The van der Waals surface area contributed by atoms with Gasteiger partial charge in [0, 0.05) is 22.4 Å². The Bertz CT molecular complexity index is 1160. The predicted octanol–water partition coefficient (Wildman–Crippen LogP) is 5.38. The first-order chi connectivity index (χ1) is 14.7. The number of pyridine rings is 1. The maximum atomic E-state index is 13.1. The zero-order valence-electron chi connectivity index (χ0n) is 16.6. The third-order valence-electron chi connectivity index (χ3n) is 5.27. The molecule has 1 aliphatic rings. The molecule has 0 spiro atoms. The lowest BCUT2D eigenvalue weighted by Gasteiger charge is -2.21. The highest BCUT2D eigenvalue weighted by molar-refractivity contribution is 8.00. The average Bonchev–Trinajstić information content (AvgIpc) is 3.01. The number of thioether (sulfide) groups is 1. The normalized spacial score (nSPS) is 17.8. The second kappa shape index (κ2) is 7.88. The van der Waals surface area contributed by atoms with Crippen LogP contribution in [0.25, 0.3) is 10.9 Å². The molecule has 9 heteroatoms. The fraction of sp³-hybridized carbons (Fsp3) is 0.227. The van der Waals surface area contributed by atoms with Gasteiger partial charge in [-0.3, -0.25) is 9.78 Å². The number of nitrogens with one attached hydrogen (secondary N) is 1. The molecule has 5 nitrogen and oxygen atoms in total. The topological polar surface area (TPSA) is 62.3 Å². The highest BCUT2D eigenvalue weighted by Crippen LogP contribution is 2.38. The molecule has 4 rings (SSSR count). The van der Waals surface area contributed by atoms with Crippen LogP contribution < -0.4 is 10.2 Å². The first-order valence-corrected chi connectivity index (χ1v) is 10.3. The monoisotopic (exact) mass is 445 g/mol. The van der Waals surface area contributed by atoms with E-state index in [2.05, 4.69) is 10.3 Å². The maximum absolute atomic E-state index is 13.1. The Balaban J connectivity index is 1.63. The van der Waals surface area contributed by atoms with Crippen molar-refractivity contribution in [3.8, 4) is 0 Å². The number of urea groups is 1. The zero-order valence-corrected chi connectivity index (χ0v) is 17.4. The Morgan fingerprint density at radius 1 is 1.10 bits per heavy atom. The Kier molecular flexibility index (Phi) is 5.38. The number of anilines is 1. The van der Waals surface area contributed by atoms with E-state index >= 15 is 0 Å². The smallest absolute Gasteiger partial charge is 0.325 e. The first kappa shape index (κ1) is 21.2. The third kappa shape index (κ3) is 4.10. The molecule has 2 atom stereocenters. The summed E-state index contributed by atoms with van der Waals surface area (Å²) in [5.41, 5.74) is -1.57. The van der Waals surface area contributed by atoms with Crippen molar-refractivity contribution in [2.45, 2.75) is 36.2 Å². The number of benzene rings is 2. The van der Waals surface area contributed by atoms with E-state index in [9.17, 15) is 22.8 Å². The lowest BCUT2D eigenvalue weighted by Crippen LogP contribution is -2.35. The molecule has 2 aromatic carbocycles. The quantitative estimate of drug-likeness (QED) is 0.432. The van der Waals surface area contributed by atoms with E-state index in [1.54, 1.807) is 6.20 Å². The molecule has 3 aromatic rings. The second-order valence-electron chi connectivity index (χ2n) is 7.30. The number of para-hydroxylation sites is 1. The van der Waals surface area contributed by atoms with Gasteiger partial charge in [-0.25, -0.2) is 9.69 Å². The van der Waals surface area contributed by atoms with Gasteiger partial charge in [0.2, 0.25) is 0 Å². The Morgan fingerprint density at radius 2 is 1.77 bits per heavy atom. The molecule has 1 aromatic heterocycles. The van der Waals surface area contributed by atoms with Crippen molar-refractivity contribution >= 4 is 40.3 Å². The standard InChI is InChI=1S/C22H18F3N3O2S/c1-12-11-26-17-6-4-3-5-16(17)18(12)13(2)19-20(29)28(21(30)27-19)14-7-9-15(10-8-14)31-22(23,24)25/h3-11,13,19H,1-2H3,(H,27,30). The molecule has 1 N–H and O–H groups in total. The molecule has 3 amide bonds. The molecule has 31 heavy (non-hydrogen) atoms. The lowest BCUT2D eigenvalue weighted by molar-refractivity contribution is -0.118. The molecule has 1 aliphatic heterocycles. The van der Waals surface area contributed by atoms with Gasteiger partial charge in [0.25, 0.3) is 5.91 Å². The van der Waals surface area contributed by atoms with Gasteiger partial charge in [0.1, 0.15) is 6.04 Å². The van der Waals surface area contributed by atoms with Crippen LogP contribution >= 0.6 is 11.8 Å². The number of halogens is 3. The van der Waals surface area contributed by atoms with Crippen molar-refractivity contribution < 1.29 is 22.8 Å². The fourth-order valence-corrected chi connectivity index (χ4v) is 4.45. The average molecular weight is 445 g/mol. The Hall–Kier alpha value is -3.07. The number of aromatic nitrogens is 1. The number of rotatable bonds is 4. The number of imide groups is 1. The van der Waals surface area contributed by atoms with Gasteiger partial charge in [-0.1, -0.05) is 25.1 Å². The van der Waals surface area contributed by atoms with Crippen LogP contribution in [0.1, 0.15) is 24.0 Å². The van der Waals surface area contributed by atoms with Crippen molar-refractivity contribution in [1.82, 2.24) is 10.3 Å². The summed E-state index contributed by atoms with van der Waals surface area (Å²) in [5.74, 6) is -0.788. The molecule has 0 radical (unpaired) electrons. The number of carbonyl (C=O) groups excluding carboxylic acids is 2. The minimum absolute atomic E-state index is 0.0212. The molecule has 0 saturated carbocycles. The first-order valence-electron chi connectivity index (χ1n) is 9.50. The molecular formula is C22H18F3N3O2S. The van der Waals surface area contributed by atoms with Crippen molar-refractivity contribution in [2.24, 2.45) is 0 Å². The number of hydrogen-bond donors (Lipinski definition) is 1. The highest BCUT2D eigenvalue weighted by Gasteiger charge is 2.43. The fourth-order valence-electron chi connectivity index (χ4n) is 3.91. The van der Waals surface area contributed by atoms with Gasteiger partial charge in [-0.2, -0.15) is 13.2 Å². The Morgan fingerprint density at radius 3 is 2.45 bits per heavy atom. The minimum atomic E-state index is -4.41. The van der Waals surface area contributed by atoms with E-state index in [4.69, 9.17) is 0 Å². The summed E-state index contributed by atoms with van der Waals surface area (Å²) in [6.45, 7) is 3.77. The van der Waals surface area contributed by atoms with Crippen LogP contribution in [-0.2, 0) is 4.79 Å². The molecule has 0 bridgehead atoms. The van der Waals surface area contributed by atoms with Crippen molar-refractivity contribution in [3.05, 3.63) is 65.9 Å². The van der Waals surface area contributed by atoms with E-state index in [1.165, 1.54) is 24.3 Å². The summed E-state index contributed by atoms with van der Waals surface area (Å²) in [6, 6.07) is 11.3. The van der Waals surface area contributed by atoms with Crippen molar-refractivity contribution in [2.75, 3.05) is 4.90 Å². The van der Waals surface area contributed by atoms with Gasteiger partial charge in [-0.05, 0) is 60.1 Å². The van der Waals surface area contributed by atoms with Crippen LogP contribution in [0, 0.1) is 6.92 Å². The number of amides is 3. The van der Waals surface area contributed by atoms with E-state index in [0.717, 1.165) is 26.9 Å². The third-order valence-corrected chi connectivity index (χ3v) is 6.01. The number of aryl methyl sites for hydroxylation is 1. The Labute approximate surface area is 180 Å². The maximum Gasteiger partial charge on any atom is 0.446 e. The van der Waals surface area contributed by atoms with E-state index in [1.807, 2.05) is 38.1 Å². The summed E-state index contributed by atoms with van der Waals surface area (Å²) in [5, 5.41) is 3.63. The molecule has 1 saturated heterocycles. The lowest BCUT2D eigenvalue weighted by atomic mass is 9.88. The number of carbonyl (C=O) groups is 2. The molecule has 2 heterocycles. The van der Waals surface area contributed by atoms with Gasteiger partial charge < -0.3 is 5.32 Å². The summed E-state index contributed by atoms with van der Waals surface area (Å²) >= 11 is -0.251. The number of hydrogen-bond acceptors (Lipinski definition) is 4. The SMILES string of the molecule is Cc1cnc2ccccc2c1C(C)C1NC(=O)N(c2ccc(SC(F)(F)F)cc2)C1=O. The van der Waals surface area contributed by atoms with Crippen LogP contribution in [0.3, 0.4) is 0 Å². The molecule has 1 fully saturated rings. The largest absolute Gasteiger partial charge is 0.446 e. The van der Waals surface area contributed by atoms with Crippen LogP contribution in [0.15, 0.2) is 59.6 Å². The predicted molar refractivity (Wildman–Crippen MR) is 113 cm³/mol. The van der Waals surface area contributed by atoms with Crippen molar-refractivity contribution in [1.29, 1.82) is 0 Å². The van der Waals surface area contributed by atoms with E-state index in [0.29, 0.717) is 0 Å². The molecule has 160 valence electrons. The minimum Gasteiger partial charge on any atom is -0.325 e. The van der Waals surface area contributed by atoms with Gasteiger partial charge in [-0.15, -0.1) is 0 Å². The van der Waals surface area contributed by atoms with E-state index in [-0.39, 0.29) is 28.3 Å². The van der Waals surface area contributed by atoms with Crippen LogP contribution in [0.2, 0.25) is 0 Å². The molecule has 0 aliphatic carbocycles. The van der Waals surface area contributed by atoms with Gasteiger partial charge >= 0.3 is 11.5 Å². The second-order valence-corrected chi connectivity index (χ2v) is 8.44. The summed E-state index contributed by atoms with van der Waals surface area (Å²) in [6.07, 6.45) is 1.74. The van der Waals surface area contributed by atoms with Gasteiger partial charge in [0.15, 0.2) is 0 Å². The highest BCUT2D eigenvalue weighted by atomic mass is 32.2. The van der Waals surface area contributed by atoms with Crippen LogP contribution in [-0.4, -0.2) is 28.5 Å². The number of nitrogens with zero attached hydrogens (tertiary/aromatic N) is 2. The zero-order chi connectivity index (χ0) is 22.3. The number of alkyl halides is 3. The van der Waals surface area contributed by atoms with Crippen LogP contribution in [0.4, 0.5) is 23.7 Å². The summed E-state index contributed by atoms with van der Waals surface area (Å²) < 4.78 is 37.6. The summed E-state index contributed by atoms with van der Waals surface area (Å²) in [4.78, 5) is 31.1. The molecule has 2 unspecified atom stereocenters. The van der Waals surface area contributed by atoms with E-state index < -0.39 is 23.5 Å². The summed E-state index contributed by atoms with van der Waals surface area (Å²) in [7, 11) is 0. The number of fused-ring (bicyclic) bond motifs is 1. The van der Waals surface area contributed by atoms with Crippen LogP contribution in [0.5, 0.6) is 0 Å². The van der Waals surface area contributed by atoms with Gasteiger partial charge in [0.05, 0.1) is 11.2 Å². The molecular weight excluding hydrogens is 427 g/mol. The van der Waals surface area contributed by atoms with Crippen molar-refractivity contribution in [3.63, 3.8) is 0 Å².